The number of sulfone groups is 1. The maximum atomic E-state index is 13.0. The Balaban J connectivity index is 1.31. The predicted octanol–water partition coefficient (Wildman–Crippen LogP) is 0.678. The van der Waals surface area contributed by atoms with Crippen LogP contribution in [0.2, 0.25) is 5.15 Å². The van der Waals surface area contributed by atoms with Gasteiger partial charge in [0, 0.05) is 45.3 Å². The van der Waals surface area contributed by atoms with Crippen LogP contribution >= 0.6 is 11.6 Å². The Morgan fingerprint density at radius 1 is 1.07 bits per heavy atom. The summed E-state index contributed by atoms with van der Waals surface area (Å²) >= 11 is 5.82. The Morgan fingerprint density at radius 3 is 2.50 bits per heavy atom. The van der Waals surface area contributed by atoms with E-state index < -0.39 is 9.84 Å². The van der Waals surface area contributed by atoms with Crippen molar-refractivity contribution < 1.29 is 13.2 Å². The highest BCUT2D eigenvalue weighted by Crippen LogP contribution is 2.25. The number of nitrogens with zero attached hydrogens (tertiary/aromatic N) is 5. The predicted molar refractivity (Wildman–Crippen MR) is 107 cm³/mol. The number of amides is 1. The van der Waals surface area contributed by atoms with Crippen LogP contribution in [0.25, 0.3) is 0 Å². The maximum absolute atomic E-state index is 13.0. The molecule has 0 radical (unpaired) electrons. The fourth-order valence-electron chi connectivity index (χ4n) is 4.49. The standard InChI is InChI=1S/C18H26ClN5O3S/c19-16-3-4-17(21-20-16)24-6-1-2-14(12-24)18(25)23-9-7-22(8-10-23)15-5-11-28(26,27)13-15/h3-4,14-15H,1-2,5-13H2/t14-,15+/m0/s1. The molecule has 8 nitrogen and oxygen atoms in total. The molecule has 1 aromatic heterocycles. The van der Waals surface area contributed by atoms with Crippen molar-refractivity contribution in [1.82, 2.24) is 20.0 Å². The minimum Gasteiger partial charge on any atom is -0.354 e. The molecule has 154 valence electrons. The molecule has 3 aliphatic rings. The fourth-order valence-corrected chi connectivity index (χ4v) is 6.36. The fraction of sp³-hybridized carbons (Fsp3) is 0.722. The van der Waals surface area contributed by atoms with Crippen molar-refractivity contribution in [3.63, 3.8) is 0 Å². The first-order valence-electron chi connectivity index (χ1n) is 9.89. The van der Waals surface area contributed by atoms with Gasteiger partial charge in [0.05, 0.1) is 17.4 Å². The lowest BCUT2D eigenvalue weighted by Gasteiger charge is -2.40. The van der Waals surface area contributed by atoms with Gasteiger partial charge in [-0.1, -0.05) is 11.6 Å². The highest BCUT2D eigenvalue weighted by Gasteiger charge is 2.36. The van der Waals surface area contributed by atoms with Crippen LogP contribution in [0.1, 0.15) is 19.3 Å². The molecule has 4 heterocycles. The van der Waals surface area contributed by atoms with E-state index in [2.05, 4.69) is 20.0 Å². The molecule has 1 amide bonds. The van der Waals surface area contributed by atoms with E-state index in [-0.39, 0.29) is 23.6 Å². The smallest absolute Gasteiger partial charge is 0.227 e. The average molecular weight is 428 g/mol. The molecular weight excluding hydrogens is 402 g/mol. The zero-order chi connectivity index (χ0) is 19.7. The summed E-state index contributed by atoms with van der Waals surface area (Å²) in [7, 11) is -2.87. The van der Waals surface area contributed by atoms with E-state index in [0.29, 0.717) is 30.5 Å². The number of hydrogen-bond donors (Lipinski definition) is 0. The Bertz CT molecular complexity index is 811. The molecule has 0 saturated carbocycles. The summed E-state index contributed by atoms with van der Waals surface area (Å²) in [4.78, 5) is 19.3. The summed E-state index contributed by atoms with van der Waals surface area (Å²) in [5.41, 5.74) is 0. The summed E-state index contributed by atoms with van der Waals surface area (Å²) in [6.07, 6.45) is 2.55. The van der Waals surface area contributed by atoms with Gasteiger partial charge in [-0.2, -0.15) is 0 Å². The Labute approximate surface area is 170 Å². The van der Waals surface area contributed by atoms with E-state index in [1.807, 2.05) is 11.0 Å². The number of halogens is 1. The third-order valence-corrected chi connectivity index (χ3v) is 8.02. The number of piperazine rings is 1. The molecule has 3 saturated heterocycles. The number of rotatable bonds is 3. The molecule has 3 fully saturated rings. The van der Waals surface area contributed by atoms with Crippen molar-refractivity contribution in [1.29, 1.82) is 0 Å². The lowest BCUT2D eigenvalue weighted by Crippen LogP contribution is -2.54. The number of carbonyl (C=O) groups excluding carboxylic acids is 1. The molecule has 0 bridgehead atoms. The van der Waals surface area contributed by atoms with Gasteiger partial charge in [0.1, 0.15) is 0 Å². The lowest BCUT2D eigenvalue weighted by molar-refractivity contribution is -0.137. The number of piperidine rings is 1. The zero-order valence-electron chi connectivity index (χ0n) is 15.8. The van der Waals surface area contributed by atoms with Gasteiger partial charge in [0.15, 0.2) is 20.8 Å². The largest absolute Gasteiger partial charge is 0.354 e. The third-order valence-electron chi connectivity index (χ3n) is 6.06. The molecule has 3 aliphatic heterocycles. The van der Waals surface area contributed by atoms with E-state index in [4.69, 9.17) is 11.6 Å². The molecule has 10 heteroatoms. The van der Waals surface area contributed by atoms with Gasteiger partial charge in [0.2, 0.25) is 5.91 Å². The maximum Gasteiger partial charge on any atom is 0.227 e. The van der Waals surface area contributed by atoms with Gasteiger partial charge in [-0.15, -0.1) is 10.2 Å². The summed E-state index contributed by atoms with van der Waals surface area (Å²) in [5, 5.41) is 8.40. The van der Waals surface area contributed by atoms with Crippen molar-refractivity contribution in [2.75, 3.05) is 55.7 Å². The molecule has 0 aliphatic carbocycles. The van der Waals surface area contributed by atoms with Crippen LogP contribution in [-0.2, 0) is 14.6 Å². The summed E-state index contributed by atoms with van der Waals surface area (Å²) in [5.74, 6) is 1.48. The topological polar surface area (TPSA) is 86.7 Å². The van der Waals surface area contributed by atoms with E-state index in [9.17, 15) is 13.2 Å². The second kappa shape index (κ2) is 8.12. The Hall–Kier alpha value is -1.45. The van der Waals surface area contributed by atoms with Crippen molar-refractivity contribution in [3.8, 4) is 0 Å². The first-order valence-corrected chi connectivity index (χ1v) is 12.1. The number of carbonyl (C=O) groups is 1. The van der Waals surface area contributed by atoms with Gasteiger partial charge < -0.3 is 9.80 Å². The molecular formula is C18H26ClN5O3S. The van der Waals surface area contributed by atoms with Gasteiger partial charge >= 0.3 is 0 Å². The Morgan fingerprint density at radius 2 is 1.86 bits per heavy atom. The average Bonchev–Trinajstić information content (AvgIpc) is 3.08. The second-order valence-electron chi connectivity index (χ2n) is 7.92. The molecule has 4 rings (SSSR count). The highest BCUT2D eigenvalue weighted by molar-refractivity contribution is 7.91. The van der Waals surface area contributed by atoms with Crippen LogP contribution in [0.3, 0.4) is 0 Å². The van der Waals surface area contributed by atoms with Crippen LogP contribution in [0.5, 0.6) is 0 Å². The van der Waals surface area contributed by atoms with Crippen molar-refractivity contribution in [2.45, 2.75) is 25.3 Å². The van der Waals surface area contributed by atoms with Crippen molar-refractivity contribution in [2.24, 2.45) is 5.92 Å². The quantitative estimate of drug-likeness (QED) is 0.700. The monoisotopic (exact) mass is 427 g/mol. The van der Waals surface area contributed by atoms with E-state index in [1.54, 1.807) is 6.07 Å². The summed E-state index contributed by atoms with van der Waals surface area (Å²) < 4.78 is 23.4. The number of aromatic nitrogens is 2. The van der Waals surface area contributed by atoms with Crippen molar-refractivity contribution >= 4 is 33.2 Å². The van der Waals surface area contributed by atoms with Crippen LogP contribution in [0.15, 0.2) is 12.1 Å². The molecule has 0 aromatic carbocycles. The minimum atomic E-state index is -2.87. The highest BCUT2D eigenvalue weighted by atomic mass is 35.5. The second-order valence-corrected chi connectivity index (χ2v) is 10.5. The third kappa shape index (κ3) is 4.41. The van der Waals surface area contributed by atoms with E-state index in [0.717, 1.165) is 44.7 Å². The zero-order valence-corrected chi connectivity index (χ0v) is 17.4. The Kier molecular flexibility index (Phi) is 5.76. The van der Waals surface area contributed by atoms with Gasteiger partial charge in [-0.05, 0) is 31.4 Å². The summed E-state index contributed by atoms with van der Waals surface area (Å²) in [6.45, 7) is 4.37. The minimum absolute atomic E-state index is 0.0374. The molecule has 0 N–H and O–H groups in total. The molecule has 28 heavy (non-hydrogen) atoms. The number of anilines is 1. The van der Waals surface area contributed by atoms with Crippen molar-refractivity contribution in [3.05, 3.63) is 17.3 Å². The van der Waals surface area contributed by atoms with Gasteiger partial charge in [-0.3, -0.25) is 9.69 Å². The van der Waals surface area contributed by atoms with Gasteiger partial charge in [-0.25, -0.2) is 8.42 Å². The van der Waals surface area contributed by atoms with Gasteiger partial charge in [0.25, 0.3) is 0 Å². The van der Waals surface area contributed by atoms with E-state index >= 15 is 0 Å². The first-order chi connectivity index (χ1) is 13.4. The van der Waals surface area contributed by atoms with Crippen LogP contribution in [-0.4, -0.2) is 91.1 Å². The number of hydrogen-bond acceptors (Lipinski definition) is 7. The lowest BCUT2D eigenvalue weighted by atomic mass is 9.96. The van der Waals surface area contributed by atoms with E-state index in [1.165, 1.54) is 0 Å². The van der Waals surface area contributed by atoms with Crippen LogP contribution in [0, 0.1) is 5.92 Å². The SMILES string of the molecule is O=C([C@H]1CCCN(c2ccc(Cl)nn2)C1)N1CCN([C@@H]2CCS(=O)(=O)C2)CC1. The normalized spacial score (nSPS) is 28.5. The van der Waals surface area contributed by atoms with Crippen LogP contribution in [0.4, 0.5) is 5.82 Å². The summed E-state index contributed by atoms with van der Waals surface area (Å²) in [6, 6.07) is 3.69. The molecule has 1 aromatic rings. The van der Waals surface area contributed by atoms with Crippen LogP contribution < -0.4 is 4.90 Å². The molecule has 2 atom stereocenters. The first kappa shape index (κ1) is 19.8. The molecule has 0 unspecified atom stereocenters. The molecule has 0 spiro atoms.